The number of hydrogen-bond acceptors (Lipinski definition) is 2. The molecule has 0 aromatic carbocycles. The van der Waals surface area contributed by atoms with E-state index in [2.05, 4.69) is 22.8 Å². The molecule has 2 nitrogen and oxygen atoms in total. The Bertz CT molecular complexity index is 355. The van der Waals surface area contributed by atoms with Crippen molar-refractivity contribution < 1.29 is 4.79 Å². The normalized spacial score (nSPS) is 16.4. The quantitative estimate of drug-likeness (QED) is 0.798. The summed E-state index contributed by atoms with van der Waals surface area (Å²) >= 11 is 1.76. The summed E-state index contributed by atoms with van der Waals surface area (Å²) in [6.07, 6.45) is 11.0. The minimum atomic E-state index is 0.229. The van der Waals surface area contributed by atoms with E-state index in [0.29, 0.717) is 6.42 Å². The first-order valence-electron chi connectivity index (χ1n) is 7.63. The maximum Gasteiger partial charge on any atom is 0.220 e. The van der Waals surface area contributed by atoms with Crippen LogP contribution in [-0.4, -0.2) is 12.5 Å². The molecule has 3 heteroatoms. The van der Waals surface area contributed by atoms with Gasteiger partial charge in [-0.25, -0.2) is 0 Å². The van der Waals surface area contributed by atoms with Crippen molar-refractivity contribution in [1.82, 2.24) is 5.32 Å². The predicted octanol–water partition coefficient (Wildman–Crippen LogP) is 4.16. The van der Waals surface area contributed by atoms with Crippen LogP contribution in [0.2, 0.25) is 0 Å². The Morgan fingerprint density at radius 1 is 1.32 bits per heavy atom. The lowest BCUT2D eigenvalue weighted by Crippen LogP contribution is -2.25. The standard InChI is InChI=1S/C16H25NOS/c18-16(17-12-11-15-9-5-13-19-15)10-4-8-14-6-2-1-3-7-14/h5,9,13-14H,1-4,6-8,10-12H2,(H,17,18). The molecule has 0 spiro atoms. The van der Waals surface area contributed by atoms with Gasteiger partial charge >= 0.3 is 0 Å². The van der Waals surface area contributed by atoms with Gasteiger partial charge in [0, 0.05) is 17.8 Å². The van der Waals surface area contributed by atoms with E-state index in [9.17, 15) is 4.79 Å². The van der Waals surface area contributed by atoms with Crippen LogP contribution in [0, 0.1) is 5.92 Å². The molecule has 0 atom stereocenters. The average molecular weight is 279 g/mol. The molecule has 1 amide bonds. The second-order valence-electron chi connectivity index (χ2n) is 5.58. The lowest BCUT2D eigenvalue weighted by Gasteiger charge is -2.21. The first-order valence-corrected chi connectivity index (χ1v) is 8.51. The molecule has 0 bridgehead atoms. The summed E-state index contributed by atoms with van der Waals surface area (Å²) in [5, 5.41) is 5.11. The van der Waals surface area contributed by atoms with Crippen molar-refractivity contribution in [3.8, 4) is 0 Å². The minimum absolute atomic E-state index is 0.229. The number of carbonyl (C=O) groups excluding carboxylic acids is 1. The highest BCUT2D eigenvalue weighted by Gasteiger charge is 2.13. The summed E-state index contributed by atoms with van der Waals surface area (Å²) in [4.78, 5) is 13.1. The van der Waals surface area contributed by atoms with Crippen molar-refractivity contribution >= 4 is 17.2 Å². The zero-order chi connectivity index (χ0) is 13.3. The van der Waals surface area contributed by atoms with Gasteiger partial charge in [-0.1, -0.05) is 38.2 Å². The highest BCUT2D eigenvalue weighted by Crippen LogP contribution is 2.27. The van der Waals surface area contributed by atoms with Crippen molar-refractivity contribution in [2.45, 2.75) is 57.8 Å². The van der Waals surface area contributed by atoms with Crippen molar-refractivity contribution in [3.63, 3.8) is 0 Å². The molecule has 1 heterocycles. The molecular weight excluding hydrogens is 254 g/mol. The molecule has 0 saturated heterocycles. The molecule has 106 valence electrons. The summed E-state index contributed by atoms with van der Waals surface area (Å²) in [5.74, 6) is 1.13. The van der Waals surface area contributed by atoms with E-state index in [4.69, 9.17) is 0 Å². The Labute approximate surface area is 120 Å². The van der Waals surface area contributed by atoms with Gasteiger partial charge in [-0.3, -0.25) is 4.79 Å². The lowest BCUT2D eigenvalue weighted by molar-refractivity contribution is -0.121. The number of thiophene rings is 1. The van der Waals surface area contributed by atoms with Gasteiger partial charge in [0.25, 0.3) is 0 Å². The van der Waals surface area contributed by atoms with Crippen LogP contribution in [0.25, 0.3) is 0 Å². The molecule has 0 unspecified atom stereocenters. The molecule has 19 heavy (non-hydrogen) atoms. The Hall–Kier alpha value is -0.830. The molecule has 2 rings (SSSR count). The fraction of sp³-hybridized carbons (Fsp3) is 0.688. The third-order valence-corrected chi connectivity index (χ3v) is 4.95. The summed E-state index contributed by atoms with van der Waals surface area (Å²) in [6.45, 7) is 0.781. The number of nitrogens with one attached hydrogen (secondary N) is 1. The van der Waals surface area contributed by atoms with Crippen LogP contribution in [0.3, 0.4) is 0 Å². The smallest absolute Gasteiger partial charge is 0.220 e. The van der Waals surface area contributed by atoms with E-state index in [1.54, 1.807) is 11.3 Å². The molecule has 1 saturated carbocycles. The first-order chi connectivity index (χ1) is 9.34. The van der Waals surface area contributed by atoms with Gasteiger partial charge in [0.2, 0.25) is 5.91 Å². The van der Waals surface area contributed by atoms with Gasteiger partial charge < -0.3 is 5.32 Å². The number of hydrogen-bond donors (Lipinski definition) is 1. The van der Waals surface area contributed by atoms with Crippen molar-refractivity contribution in [3.05, 3.63) is 22.4 Å². The van der Waals surface area contributed by atoms with Crippen LogP contribution >= 0.6 is 11.3 Å². The second-order valence-corrected chi connectivity index (χ2v) is 6.61. The van der Waals surface area contributed by atoms with Crippen molar-refractivity contribution in [1.29, 1.82) is 0 Å². The number of rotatable bonds is 7. The zero-order valence-corrected chi connectivity index (χ0v) is 12.5. The van der Waals surface area contributed by atoms with Crippen LogP contribution in [-0.2, 0) is 11.2 Å². The maximum atomic E-state index is 11.7. The SMILES string of the molecule is O=C(CCCC1CCCCC1)NCCc1cccs1. The Morgan fingerprint density at radius 3 is 2.89 bits per heavy atom. The third kappa shape index (κ3) is 5.77. The molecule has 1 aromatic rings. The van der Waals surface area contributed by atoms with E-state index in [-0.39, 0.29) is 5.91 Å². The monoisotopic (exact) mass is 279 g/mol. The van der Waals surface area contributed by atoms with Crippen LogP contribution in [0.5, 0.6) is 0 Å². The Kier molecular flexibility index (Phi) is 6.42. The molecular formula is C16H25NOS. The minimum Gasteiger partial charge on any atom is -0.356 e. The number of amides is 1. The highest BCUT2D eigenvalue weighted by molar-refractivity contribution is 7.09. The summed E-state index contributed by atoms with van der Waals surface area (Å²) in [6, 6.07) is 4.19. The summed E-state index contributed by atoms with van der Waals surface area (Å²) in [7, 11) is 0. The van der Waals surface area contributed by atoms with Gasteiger partial charge in [-0.2, -0.15) is 0 Å². The fourth-order valence-electron chi connectivity index (χ4n) is 2.90. The van der Waals surface area contributed by atoms with E-state index in [0.717, 1.165) is 25.3 Å². The third-order valence-electron chi connectivity index (χ3n) is 4.01. The van der Waals surface area contributed by atoms with Crippen LogP contribution in [0.15, 0.2) is 17.5 Å². The van der Waals surface area contributed by atoms with Gasteiger partial charge in [0.05, 0.1) is 0 Å². The zero-order valence-electron chi connectivity index (χ0n) is 11.7. The average Bonchev–Trinajstić information content (AvgIpc) is 2.93. The fourth-order valence-corrected chi connectivity index (χ4v) is 3.60. The van der Waals surface area contributed by atoms with E-state index in [1.807, 2.05) is 0 Å². The largest absolute Gasteiger partial charge is 0.356 e. The van der Waals surface area contributed by atoms with Crippen molar-refractivity contribution in [2.24, 2.45) is 5.92 Å². The van der Waals surface area contributed by atoms with Gasteiger partial charge in [-0.15, -0.1) is 11.3 Å². The van der Waals surface area contributed by atoms with E-state index in [1.165, 1.54) is 43.4 Å². The molecule has 1 N–H and O–H groups in total. The van der Waals surface area contributed by atoms with Gasteiger partial charge in [-0.05, 0) is 36.6 Å². The van der Waals surface area contributed by atoms with Crippen LogP contribution in [0.1, 0.15) is 56.2 Å². The lowest BCUT2D eigenvalue weighted by atomic mass is 9.86. The van der Waals surface area contributed by atoms with E-state index < -0.39 is 0 Å². The summed E-state index contributed by atoms with van der Waals surface area (Å²) in [5.41, 5.74) is 0. The molecule has 1 aromatic heterocycles. The Morgan fingerprint density at radius 2 is 2.16 bits per heavy atom. The maximum absolute atomic E-state index is 11.7. The summed E-state index contributed by atoms with van der Waals surface area (Å²) < 4.78 is 0. The van der Waals surface area contributed by atoms with Crippen molar-refractivity contribution in [2.75, 3.05) is 6.54 Å². The predicted molar refractivity (Wildman–Crippen MR) is 81.5 cm³/mol. The number of carbonyl (C=O) groups is 1. The molecule has 1 aliphatic carbocycles. The second kappa shape index (κ2) is 8.36. The Balaban J connectivity index is 1.49. The first kappa shape index (κ1) is 14.6. The van der Waals surface area contributed by atoms with Crippen LogP contribution < -0.4 is 5.32 Å². The molecule has 1 fully saturated rings. The molecule has 1 aliphatic rings. The molecule has 0 radical (unpaired) electrons. The molecule has 0 aliphatic heterocycles. The van der Waals surface area contributed by atoms with Gasteiger partial charge in [0.15, 0.2) is 0 Å². The van der Waals surface area contributed by atoms with E-state index >= 15 is 0 Å². The van der Waals surface area contributed by atoms with Gasteiger partial charge in [0.1, 0.15) is 0 Å². The highest BCUT2D eigenvalue weighted by atomic mass is 32.1. The topological polar surface area (TPSA) is 29.1 Å². The van der Waals surface area contributed by atoms with Crippen LogP contribution in [0.4, 0.5) is 0 Å².